The minimum atomic E-state index is -3.72. The van der Waals surface area contributed by atoms with Gasteiger partial charge < -0.3 is 9.79 Å². The molecule has 0 aliphatic carbocycles. The first-order valence-electron chi connectivity index (χ1n) is 10.8. The highest BCUT2D eigenvalue weighted by atomic mass is 32.2. The van der Waals surface area contributed by atoms with Crippen molar-refractivity contribution in [1.29, 1.82) is 0 Å². The molecule has 3 heterocycles. The fourth-order valence-electron chi connectivity index (χ4n) is 3.98. The van der Waals surface area contributed by atoms with Gasteiger partial charge in [0.2, 0.25) is 5.76 Å². The molecule has 1 unspecified atom stereocenters. The van der Waals surface area contributed by atoms with Gasteiger partial charge in [-0.05, 0) is 43.3 Å². The van der Waals surface area contributed by atoms with Gasteiger partial charge in [0.05, 0.1) is 16.8 Å². The molecule has 0 saturated carbocycles. The maximum Gasteiger partial charge on any atom is 0.253 e. The summed E-state index contributed by atoms with van der Waals surface area (Å²) in [4.78, 5) is 25.7. The molecule has 1 atom stereocenters. The van der Waals surface area contributed by atoms with E-state index in [0.717, 1.165) is 17.0 Å². The van der Waals surface area contributed by atoms with Crippen LogP contribution in [0.3, 0.4) is 0 Å². The Bertz CT molecular complexity index is 1310. The fourth-order valence-corrected chi connectivity index (χ4v) is 6.97. The molecule has 1 saturated heterocycles. The van der Waals surface area contributed by atoms with Crippen molar-refractivity contribution < 1.29 is 23.1 Å². The molecule has 8 nitrogen and oxygen atoms in total. The number of anilines is 1. The van der Waals surface area contributed by atoms with Crippen LogP contribution < -0.4 is 5.06 Å². The average Bonchev–Trinajstić information content (AvgIpc) is 3.55. The zero-order valence-corrected chi connectivity index (χ0v) is 20.0. The van der Waals surface area contributed by atoms with Crippen molar-refractivity contribution in [3.05, 3.63) is 89.4 Å². The topological polar surface area (TPSA) is 79.4 Å². The standard InChI is InChI=1S/C24H23N3O5S2/c1-18-16-25(24(28)19-8-4-2-5-9-19)14-15-27(18)34(29,30)23-13-12-22(33-23)21-17-26(32-31-21)20-10-6-3-7-11-20/h2-13,17-18H,14-16H2,1H3. The van der Waals surface area contributed by atoms with Gasteiger partial charge in [-0.15, -0.1) is 11.3 Å². The van der Waals surface area contributed by atoms with Gasteiger partial charge in [0.25, 0.3) is 15.9 Å². The minimum absolute atomic E-state index is 0.0869. The van der Waals surface area contributed by atoms with Gasteiger partial charge in [0.1, 0.15) is 4.21 Å². The summed E-state index contributed by atoms with van der Waals surface area (Å²) in [6.07, 6.45) is 1.67. The Hall–Kier alpha value is -3.18. The highest BCUT2D eigenvalue weighted by molar-refractivity contribution is 7.91. The van der Waals surface area contributed by atoms with E-state index >= 15 is 0 Å². The van der Waals surface area contributed by atoms with Crippen LogP contribution in [0.15, 0.2) is 83.2 Å². The number of amides is 1. The number of carbonyl (C=O) groups is 1. The molecule has 34 heavy (non-hydrogen) atoms. The Morgan fingerprint density at radius 2 is 1.68 bits per heavy atom. The minimum Gasteiger partial charge on any atom is -0.336 e. The Kier molecular flexibility index (Phi) is 6.13. The molecule has 0 N–H and O–H groups in total. The lowest BCUT2D eigenvalue weighted by atomic mass is 10.1. The third-order valence-electron chi connectivity index (χ3n) is 5.71. The van der Waals surface area contributed by atoms with Crippen molar-refractivity contribution in [3.8, 4) is 0 Å². The van der Waals surface area contributed by atoms with E-state index in [0.29, 0.717) is 29.3 Å². The molecule has 3 aromatic rings. The van der Waals surface area contributed by atoms with Crippen molar-refractivity contribution in [2.75, 3.05) is 24.7 Å². The summed E-state index contributed by atoms with van der Waals surface area (Å²) in [7, 11) is -3.72. The van der Waals surface area contributed by atoms with Crippen LogP contribution in [-0.2, 0) is 19.9 Å². The second-order valence-electron chi connectivity index (χ2n) is 8.01. The number of carbonyl (C=O) groups excluding carboxylic acids is 1. The summed E-state index contributed by atoms with van der Waals surface area (Å²) in [5.74, 6) is 0.345. The monoisotopic (exact) mass is 497 g/mol. The number of nitrogens with zero attached hydrogens (tertiary/aromatic N) is 3. The molecule has 0 spiro atoms. The van der Waals surface area contributed by atoms with E-state index in [1.165, 1.54) is 9.37 Å². The summed E-state index contributed by atoms with van der Waals surface area (Å²) in [6, 6.07) is 21.4. The van der Waals surface area contributed by atoms with Gasteiger partial charge >= 0.3 is 0 Å². The van der Waals surface area contributed by atoms with E-state index < -0.39 is 10.0 Å². The Labute approximate surface area is 202 Å². The molecule has 1 fully saturated rings. The SMILES string of the molecule is CC1CN(C(=O)c2ccccc2)CCN1S(=O)(=O)c1ccc(C2=CN(c3ccccc3)OO2)s1. The number of benzene rings is 2. The molecule has 1 amide bonds. The number of sulfonamides is 1. The third-order valence-corrected chi connectivity index (χ3v) is 9.29. The molecule has 10 heteroatoms. The second kappa shape index (κ2) is 9.22. The van der Waals surface area contributed by atoms with E-state index in [4.69, 9.17) is 9.88 Å². The van der Waals surface area contributed by atoms with Crippen molar-refractivity contribution in [3.63, 3.8) is 0 Å². The fraction of sp³-hybridized carbons (Fsp3) is 0.208. The highest BCUT2D eigenvalue weighted by Crippen LogP contribution is 2.35. The van der Waals surface area contributed by atoms with E-state index in [-0.39, 0.29) is 22.7 Å². The number of hydrogen-bond acceptors (Lipinski definition) is 7. The van der Waals surface area contributed by atoms with Crippen LogP contribution in [0, 0.1) is 0 Å². The first-order chi connectivity index (χ1) is 16.4. The summed E-state index contributed by atoms with van der Waals surface area (Å²) < 4.78 is 28.5. The van der Waals surface area contributed by atoms with Crippen LogP contribution in [-0.4, -0.2) is 49.2 Å². The Balaban J connectivity index is 1.29. The molecule has 176 valence electrons. The maximum absolute atomic E-state index is 13.4. The summed E-state index contributed by atoms with van der Waals surface area (Å²) in [6.45, 7) is 2.73. The van der Waals surface area contributed by atoms with Gasteiger partial charge in [-0.1, -0.05) is 41.4 Å². The first kappa shape index (κ1) is 22.6. The first-order valence-corrected chi connectivity index (χ1v) is 13.1. The van der Waals surface area contributed by atoms with E-state index in [1.54, 1.807) is 35.4 Å². The summed E-state index contributed by atoms with van der Waals surface area (Å²) >= 11 is 1.12. The number of hydroxylamine groups is 1. The van der Waals surface area contributed by atoms with Gasteiger partial charge in [-0.2, -0.15) is 9.37 Å². The smallest absolute Gasteiger partial charge is 0.253 e. The van der Waals surface area contributed by atoms with E-state index in [2.05, 4.69) is 0 Å². The molecular formula is C24H23N3O5S2. The molecular weight excluding hydrogens is 474 g/mol. The van der Waals surface area contributed by atoms with Crippen molar-refractivity contribution in [2.24, 2.45) is 0 Å². The number of hydrogen-bond donors (Lipinski definition) is 0. The molecule has 2 aliphatic heterocycles. The predicted molar refractivity (Wildman–Crippen MR) is 129 cm³/mol. The molecule has 1 aromatic heterocycles. The Morgan fingerprint density at radius 3 is 2.38 bits per heavy atom. The predicted octanol–water partition coefficient (Wildman–Crippen LogP) is 3.97. The molecule has 0 radical (unpaired) electrons. The van der Waals surface area contributed by atoms with Gasteiger partial charge in [0, 0.05) is 31.2 Å². The van der Waals surface area contributed by atoms with Gasteiger partial charge in [-0.25, -0.2) is 8.42 Å². The lowest BCUT2D eigenvalue weighted by molar-refractivity contribution is -0.221. The number of para-hydroxylation sites is 1. The van der Waals surface area contributed by atoms with Crippen molar-refractivity contribution in [1.82, 2.24) is 9.21 Å². The Morgan fingerprint density at radius 1 is 0.971 bits per heavy atom. The maximum atomic E-state index is 13.4. The van der Waals surface area contributed by atoms with Crippen LogP contribution in [0.5, 0.6) is 0 Å². The van der Waals surface area contributed by atoms with E-state index in [1.807, 2.05) is 55.5 Å². The summed E-state index contributed by atoms with van der Waals surface area (Å²) in [5.41, 5.74) is 1.39. The van der Waals surface area contributed by atoms with Crippen LogP contribution in [0.1, 0.15) is 22.2 Å². The summed E-state index contributed by atoms with van der Waals surface area (Å²) in [5, 5.41) is 1.48. The lowest BCUT2D eigenvalue weighted by Gasteiger charge is -2.38. The number of rotatable bonds is 5. The van der Waals surface area contributed by atoms with E-state index in [9.17, 15) is 13.2 Å². The lowest BCUT2D eigenvalue weighted by Crippen LogP contribution is -2.55. The van der Waals surface area contributed by atoms with Crippen LogP contribution in [0.4, 0.5) is 5.69 Å². The van der Waals surface area contributed by atoms with Crippen LogP contribution >= 0.6 is 11.3 Å². The normalized spacial score (nSPS) is 19.1. The quantitative estimate of drug-likeness (QED) is 0.497. The van der Waals surface area contributed by atoms with Crippen molar-refractivity contribution in [2.45, 2.75) is 17.2 Å². The molecule has 5 rings (SSSR count). The largest absolute Gasteiger partial charge is 0.336 e. The zero-order chi connectivity index (χ0) is 23.7. The van der Waals surface area contributed by atoms with Crippen LogP contribution in [0.2, 0.25) is 0 Å². The number of piperazine rings is 1. The van der Waals surface area contributed by atoms with Gasteiger partial charge in [-0.3, -0.25) is 4.79 Å². The van der Waals surface area contributed by atoms with Crippen molar-refractivity contribution >= 4 is 38.7 Å². The van der Waals surface area contributed by atoms with Crippen LogP contribution in [0.25, 0.3) is 5.76 Å². The molecule has 2 aliphatic rings. The molecule has 2 aromatic carbocycles. The third kappa shape index (κ3) is 4.32. The highest BCUT2D eigenvalue weighted by Gasteiger charge is 2.36. The number of thiophene rings is 1. The van der Waals surface area contributed by atoms with Gasteiger partial charge in [0.15, 0.2) is 0 Å². The molecule has 0 bridgehead atoms. The second-order valence-corrected chi connectivity index (χ2v) is 11.2. The zero-order valence-electron chi connectivity index (χ0n) is 18.4. The average molecular weight is 498 g/mol.